The third-order valence-corrected chi connectivity index (χ3v) is 3.53. The summed E-state index contributed by atoms with van der Waals surface area (Å²) in [6, 6.07) is 0. The van der Waals surface area contributed by atoms with Crippen LogP contribution in [0.1, 0.15) is 32.6 Å². The van der Waals surface area contributed by atoms with E-state index in [0.717, 1.165) is 38.8 Å². The molecule has 98 valence electrons. The molecule has 0 aromatic heterocycles. The van der Waals surface area contributed by atoms with Crippen molar-refractivity contribution in [1.29, 1.82) is 0 Å². The molecule has 1 atom stereocenters. The van der Waals surface area contributed by atoms with Gasteiger partial charge in [0.25, 0.3) is 0 Å². The summed E-state index contributed by atoms with van der Waals surface area (Å²) in [5.41, 5.74) is 0. The van der Waals surface area contributed by atoms with E-state index in [1.165, 1.54) is 0 Å². The van der Waals surface area contributed by atoms with Crippen LogP contribution in [0.2, 0.25) is 0 Å². The maximum absolute atomic E-state index is 11.6. The first-order valence-electron chi connectivity index (χ1n) is 6.49. The number of carbonyl (C=O) groups is 2. The maximum Gasteiger partial charge on any atom is 0.236 e. The molecule has 0 heterocycles. The minimum Gasteiger partial charge on any atom is -0.348 e. The molecular formula is C13H24N2O2. The van der Waals surface area contributed by atoms with Crippen LogP contribution in [0, 0.1) is 5.92 Å². The lowest BCUT2D eigenvalue weighted by molar-refractivity contribution is -0.129. The Morgan fingerprint density at radius 1 is 1.41 bits per heavy atom. The van der Waals surface area contributed by atoms with E-state index >= 15 is 0 Å². The van der Waals surface area contributed by atoms with E-state index < -0.39 is 0 Å². The van der Waals surface area contributed by atoms with Crippen LogP contribution < -0.4 is 0 Å². The highest BCUT2D eigenvalue weighted by atomic mass is 16.2. The van der Waals surface area contributed by atoms with Gasteiger partial charge in [-0.2, -0.15) is 0 Å². The zero-order valence-electron chi connectivity index (χ0n) is 11.2. The number of hydrogen-bond acceptors (Lipinski definition) is 3. The number of ketones is 1. The molecule has 17 heavy (non-hydrogen) atoms. The Labute approximate surface area is 104 Å². The fourth-order valence-corrected chi connectivity index (χ4v) is 2.21. The van der Waals surface area contributed by atoms with E-state index in [1.807, 2.05) is 0 Å². The Hall–Kier alpha value is -0.900. The average Bonchev–Trinajstić information content (AvgIpc) is 2.69. The van der Waals surface area contributed by atoms with Crippen molar-refractivity contribution >= 4 is 11.7 Å². The van der Waals surface area contributed by atoms with Gasteiger partial charge < -0.3 is 4.90 Å². The van der Waals surface area contributed by atoms with E-state index in [1.54, 1.807) is 19.0 Å². The van der Waals surface area contributed by atoms with E-state index in [0.29, 0.717) is 12.3 Å². The van der Waals surface area contributed by atoms with Gasteiger partial charge in [0.15, 0.2) is 0 Å². The first kappa shape index (κ1) is 14.2. The van der Waals surface area contributed by atoms with Gasteiger partial charge in [0.05, 0.1) is 6.54 Å². The van der Waals surface area contributed by atoms with Crippen LogP contribution in [0.15, 0.2) is 0 Å². The Balaban J connectivity index is 2.31. The lowest BCUT2D eigenvalue weighted by Gasteiger charge is -2.22. The summed E-state index contributed by atoms with van der Waals surface area (Å²) in [5.74, 6) is 0.795. The molecule has 0 aromatic carbocycles. The van der Waals surface area contributed by atoms with Crippen molar-refractivity contribution in [1.82, 2.24) is 9.80 Å². The van der Waals surface area contributed by atoms with Crippen molar-refractivity contribution in [2.45, 2.75) is 32.6 Å². The molecule has 1 unspecified atom stereocenters. The summed E-state index contributed by atoms with van der Waals surface area (Å²) in [7, 11) is 3.55. The zero-order valence-corrected chi connectivity index (χ0v) is 11.2. The predicted molar refractivity (Wildman–Crippen MR) is 67.8 cm³/mol. The van der Waals surface area contributed by atoms with Crippen LogP contribution in [-0.2, 0) is 9.59 Å². The molecule has 1 amide bonds. The van der Waals surface area contributed by atoms with E-state index in [2.05, 4.69) is 11.8 Å². The lowest BCUT2D eigenvalue weighted by atomic mass is 10.0. The van der Waals surface area contributed by atoms with Crippen LogP contribution in [-0.4, -0.2) is 55.2 Å². The van der Waals surface area contributed by atoms with Crippen LogP contribution in [0.3, 0.4) is 0 Å². The SMILES string of the molecule is CCN(CCC1CCCC1=O)CC(=O)N(C)C. The van der Waals surface area contributed by atoms with Crippen molar-refractivity contribution in [3.63, 3.8) is 0 Å². The second-order valence-corrected chi connectivity index (χ2v) is 5.00. The summed E-state index contributed by atoms with van der Waals surface area (Å²) in [5, 5.41) is 0. The van der Waals surface area contributed by atoms with E-state index in [9.17, 15) is 9.59 Å². The predicted octanol–water partition coefficient (Wildman–Crippen LogP) is 1.16. The van der Waals surface area contributed by atoms with Crippen LogP contribution >= 0.6 is 0 Å². The highest BCUT2D eigenvalue weighted by Crippen LogP contribution is 2.24. The fourth-order valence-electron chi connectivity index (χ4n) is 2.21. The molecule has 1 fully saturated rings. The molecule has 0 saturated heterocycles. The minimum absolute atomic E-state index is 0.129. The van der Waals surface area contributed by atoms with Gasteiger partial charge in [0.2, 0.25) is 5.91 Å². The van der Waals surface area contributed by atoms with Crippen molar-refractivity contribution in [3.8, 4) is 0 Å². The number of rotatable bonds is 6. The Morgan fingerprint density at radius 3 is 2.59 bits per heavy atom. The topological polar surface area (TPSA) is 40.6 Å². The highest BCUT2D eigenvalue weighted by molar-refractivity contribution is 5.82. The Morgan fingerprint density at radius 2 is 2.12 bits per heavy atom. The normalized spacial score (nSPS) is 20.0. The third kappa shape index (κ3) is 4.46. The summed E-state index contributed by atoms with van der Waals surface area (Å²) < 4.78 is 0. The average molecular weight is 240 g/mol. The van der Waals surface area contributed by atoms with Crippen molar-refractivity contribution in [3.05, 3.63) is 0 Å². The van der Waals surface area contributed by atoms with Gasteiger partial charge in [-0.3, -0.25) is 14.5 Å². The monoisotopic (exact) mass is 240 g/mol. The molecule has 1 aliphatic rings. The van der Waals surface area contributed by atoms with Gasteiger partial charge in [-0.1, -0.05) is 6.92 Å². The van der Waals surface area contributed by atoms with Crippen molar-refractivity contribution < 1.29 is 9.59 Å². The molecule has 0 radical (unpaired) electrons. The van der Waals surface area contributed by atoms with Gasteiger partial charge in [0.1, 0.15) is 5.78 Å². The molecule has 1 aliphatic carbocycles. The lowest BCUT2D eigenvalue weighted by Crippen LogP contribution is -2.37. The fraction of sp³-hybridized carbons (Fsp3) is 0.846. The summed E-state index contributed by atoms with van der Waals surface area (Å²) in [6.45, 7) is 4.23. The van der Waals surface area contributed by atoms with E-state index in [-0.39, 0.29) is 11.8 Å². The minimum atomic E-state index is 0.129. The maximum atomic E-state index is 11.6. The quantitative estimate of drug-likeness (QED) is 0.699. The standard InChI is InChI=1S/C13H24N2O2/c1-4-15(10-13(17)14(2)3)9-8-11-6-5-7-12(11)16/h11H,4-10H2,1-3H3. The molecule has 0 N–H and O–H groups in total. The van der Waals surface area contributed by atoms with E-state index in [4.69, 9.17) is 0 Å². The third-order valence-electron chi connectivity index (χ3n) is 3.53. The molecule has 1 saturated carbocycles. The molecule has 0 spiro atoms. The molecule has 1 rings (SSSR count). The Bertz CT molecular complexity index is 277. The molecule has 0 bridgehead atoms. The first-order chi connectivity index (χ1) is 8.04. The van der Waals surface area contributed by atoms with Gasteiger partial charge >= 0.3 is 0 Å². The van der Waals surface area contributed by atoms with Gasteiger partial charge in [-0.25, -0.2) is 0 Å². The summed E-state index contributed by atoms with van der Waals surface area (Å²) in [6.07, 6.45) is 3.76. The molecule has 4 nitrogen and oxygen atoms in total. The first-order valence-corrected chi connectivity index (χ1v) is 6.49. The number of Topliss-reactive ketones (excluding diaryl/α,β-unsaturated/α-hetero) is 1. The number of carbonyl (C=O) groups excluding carboxylic acids is 2. The van der Waals surface area contributed by atoms with Crippen LogP contribution in [0.5, 0.6) is 0 Å². The zero-order chi connectivity index (χ0) is 12.8. The Kier molecular flexibility index (Phi) is 5.62. The summed E-state index contributed by atoms with van der Waals surface area (Å²) >= 11 is 0. The summed E-state index contributed by atoms with van der Waals surface area (Å²) in [4.78, 5) is 26.8. The smallest absolute Gasteiger partial charge is 0.236 e. The molecule has 4 heteroatoms. The number of amides is 1. The molecule has 0 aliphatic heterocycles. The van der Waals surface area contributed by atoms with Crippen LogP contribution in [0.25, 0.3) is 0 Å². The van der Waals surface area contributed by atoms with Crippen LogP contribution in [0.4, 0.5) is 0 Å². The number of hydrogen-bond donors (Lipinski definition) is 0. The second kappa shape index (κ2) is 6.74. The second-order valence-electron chi connectivity index (χ2n) is 5.00. The molecule has 0 aromatic rings. The number of likely N-dealkylation sites (N-methyl/N-ethyl adjacent to an activating group) is 2. The van der Waals surface area contributed by atoms with Gasteiger partial charge in [-0.15, -0.1) is 0 Å². The van der Waals surface area contributed by atoms with Gasteiger partial charge in [0, 0.05) is 26.4 Å². The highest BCUT2D eigenvalue weighted by Gasteiger charge is 2.24. The van der Waals surface area contributed by atoms with Crippen molar-refractivity contribution in [2.24, 2.45) is 5.92 Å². The molecular weight excluding hydrogens is 216 g/mol. The van der Waals surface area contributed by atoms with Gasteiger partial charge in [-0.05, 0) is 32.4 Å². The van der Waals surface area contributed by atoms with Crippen molar-refractivity contribution in [2.75, 3.05) is 33.7 Å². The number of nitrogens with zero attached hydrogens (tertiary/aromatic N) is 2. The largest absolute Gasteiger partial charge is 0.348 e.